The van der Waals surface area contributed by atoms with Gasteiger partial charge in [0.05, 0.1) is 17.9 Å². The fraction of sp³-hybridized carbons (Fsp3) is 0.158. The molecule has 25 heavy (non-hydrogen) atoms. The third kappa shape index (κ3) is 3.13. The van der Waals surface area contributed by atoms with Crippen LogP contribution >= 0.6 is 11.8 Å². The molecule has 0 spiro atoms. The quantitative estimate of drug-likeness (QED) is 0.757. The van der Waals surface area contributed by atoms with Gasteiger partial charge in [0.25, 0.3) is 5.91 Å². The first-order chi connectivity index (χ1) is 12.2. The van der Waals surface area contributed by atoms with Crippen LogP contribution in [0.15, 0.2) is 65.7 Å². The summed E-state index contributed by atoms with van der Waals surface area (Å²) in [5.41, 5.74) is 1.95. The molecule has 5 nitrogen and oxygen atoms in total. The van der Waals surface area contributed by atoms with E-state index in [1.807, 2.05) is 48.5 Å². The molecule has 1 unspecified atom stereocenters. The van der Waals surface area contributed by atoms with E-state index in [2.05, 4.69) is 16.5 Å². The minimum atomic E-state index is -0.362. The molecule has 0 aliphatic carbocycles. The van der Waals surface area contributed by atoms with Crippen molar-refractivity contribution in [3.8, 4) is 11.4 Å². The van der Waals surface area contributed by atoms with Crippen LogP contribution in [0.2, 0.25) is 0 Å². The van der Waals surface area contributed by atoms with Crippen molar-refractivity contribution < 1.29 is 9.90 Å². The number of thioether (sulfide) groups is 1. The molecule has 1 aliphatic rings. The summed E-state index contributed by atoms with van der Waals surface area (Å²) in [6.45, 7) is 0. The lowest BCUT2D eigenvalue weighted by Gasteiger charge is -2.25. The number of hydrogen-bond donors (Lipinski definition) is 2. The predicted octanol–water partition coefficient (Wildman–Crippen LogP) is 3.54. The minimum absolute atomic E-state index is 0.0413. The van der Waals surface area contributed by atoms with Crippen LogP contribution in [0.25, 0.3) is 5.69 Å². The summed E-state index contributed by atoms with van der Waals surface area (Å²) in [7, 11) is 0. The Hall–Kier alpha value is -2.73. The standard InChI is InChI=1S/C19H17N3O2S/c23-16-12-22(13-6-2-1-3-7-13)21-18(16)19(24)20-15-10-11-25-17-9-5-4-8-14(15)17/h1-9,12,15,23H,10-11H2,(H,20,24). The highest BCUT2D eigenvalue weighted by Gasteiger charge is 2.25. The Bertz CT molecular complexity index is 908. The molecule has 3 aromatic rings. The Kier molecular flexibility index (Phi) is 4.19. The summed E-state index contributed by atoms with van der Waals surface area (Å²) in [6.07, 6.45) is 2.31. The van der Waals surface area contributed by atoms with E-state index >= 15 is 0 Å². The summed E-state index contributed by atoms with van der Waals surface area (Å²) >= 11 is 1.80. The number of carbonyl (C=O) groups is 1. The molecular weight excluding hydrogens is 334 g/mol. The van der Waals surface area contributed by atoms with Crippen molar-refractivity contribution in [3.05, 3.63) is 72.1 Å². The maximum Gasteiger partial charge on any atom is 0.276 e. The van der Waals surface area contributed by atoms with Gasteiger partial charge in [-0.2, -0.15) is 5.10 Å². The van der Waals surface area contributed by atoms with Crippen LogP contribution in [0, 0.1) is 0 Å². The zero-order valence-electron chi connectivity index (χ0n) is 13.4. The number of benzene rings is 2. The van der Waals surface area contributed by atoms with Crippen LogP contribution in [0.4, 0.5) is 0 Å². The van der Waals surface area contributed by atoms with Crippen molar-refractivity contribution in [3.63, 3.8) is 0 Å². The summed E-state index contributed by atoms with van der Waals surface area (Å²) in [4.78, 5) is 13.8. The normalized spacial score (nSPS) is 16.2. The lowest BCUT2D eigenvalue weighted by Crippen LogP contribution is -2.31. The molecule has 1 aliphatic heterocycles. The van der Waals surface area contributed by atoms with Crippen LogP contribution in [0.3, 0.4) is 0 Å². The number of carbonyl (C=O) groups excluding carboxylic acids is 1. The van der Waals surface area contributed by atoms with Crippen molar-refractivity contribution in [2.75, 3.05) is 5.75 Å². The van der Waals surface area contributed by atoms with Crippen LogP contribution in [0.5, 0.6) is 5.75 Å². The van der Waals surface area contributed by atoms with E-state index in [4.69, 9.17) is 0 Å². The Labute approximate surface area is 149 Å². The van der Waals surface area contributed by atoms with Gasteiger partial charge in [0, 0.05) is 10.6 Å². The van der Waals surface area contributed by atoms with E-state index < -0.39 is 0 Å². The second-order valence-corrected chi connectivity index (χ2v) is 6.98. The van der Waals surface area contributed by atoms with Gasteiger partial charge in [0.2, 0.25) is 0 Å². The van der Waals surface area contributed by atoms with E-state index in [-0.39, 0.29) is 23.4 Å². The third-order valence-corrected chi connectivity index (χ3v) is 5.32. The number of rotatable bonds is 3. The van der Waals surface area contributed by atoms with Crippen molar-refractivity contribution in [2.45, 2.75) is 17.4 Å². The summed E-state index contributed by atoms with van der Waals surface area (Å²) in [5, 5.41) is 17.4. The van der Waals surface area contributed by atoms with Gasteiger partial charge in [-0.15, -0.1) is 11.8 Å². The largest absolute Gasteiger partial charge is 0.504 e. The highest BCUT2D eigenvalue weighted by atomic mass is 32.2. The molecule has 0 saturated carbocycles. The Morgan fingerprint density at radius 1 is 1.16 bits per heavy atom. The van der Waals surface area contributed by atoms with Crippen LogP contribution in [-0.2, 0) is 0 Å². The van der Waals surface area contributed by atoms with Crippen LogP contribution in [0.1, 0.15) is 28.5 Å². The minimum Gasteiger partial charge on any atom is -0.504 e. The zero-order chi connectivity index (χ0) is 17.2. The van der Waals surface area contributed by atoms with E-state index in [0.29, 0.717) is 0 Å². The number of hydrogen-bond acceptors (Lipinski definition) is 4. The SMILES string of the molecule is O=C(NC1CCSc2ccccc21)c1nn(-c2ccccc2)cc1O. The van der Waals surface area contributed by atoms with E-state index in [1.54, 1.807) is 11.8 Å². The molecule has 126 valence electrons. The molecular formula is C19H17N3O2S. The highest BCUT2D eigenvalue weighted by Crippen LogP contribution is 2.36. The molecule has 1 aromatic heterocycles. The number of aromatic nitrogens is 2. The Balaban J connectivity index is 1.58. The first kappa shape index (κ1) is 15.8. The molecule has 6 heteroatoms. The molecule has 2 aromatic carbocycles. The van der Waals surface area contributed by atoms with Crippen molar-refractivity contribution in [1.82, 2.24) is 15.1 Å². The summed E-state index contributed by atoms with van der Waals surface area (Å²) < 4.78 is 1.51. The first-order valence-corrected chi connectivity index (χ1v) is 9.07. The summed E-state index contributed by atoms with van der Waals surface area (Å²) in [6, 6.07) is 17.4. The van der Waals surface area contributed by atoms with Crippen LogP contribution in [-0.4, -0.2) is 26.5 Å². The van der Waals surface area contributed by atoms with Gasteiger partial charge in [-0.05, 0) is 30.2 Å². The van der Waals surface area contributed by atoms with E-state index in [9.17, 15) is 9.90 Å². The topological polar surface area (TPSA) is 67.2 Å². The first-order valence-electron chi connectivity index (χ1n) is 8.09. The molecule has 0 radical (unpaired) electrons. The molecule has 1 amide bonds. The second kappa shape index (κ2) is 6.64. The third-order valence-electron chi connectivity index (χ3n) is 4.19. The van der Waals surface area contributed by atoms with Crippen molar-refractivity contribution >= 4 is 17.7 Å². The molecule has 0 fully saturated rings. The maximum atomic E-state index is 12.6. The smallest absolute Gasteiger partial charge is 0.276 e. The Morgan fingerprint density at radius 3 is 2.76 bits per heavy atom. The second-order valence-electron chi connectivity index (χ2n) is 5.84. The predicted molar refractivity (Wildman–Crippen MR) is 97.2 cm³/mol. The van der Waals surface area contributed by atoms with E-state index in [0.717, 1.165) is 23.4 Å². The van der Waals surface area contributed by atoms with Crippen molar-refractivity contribution in [1.29, 1.82) is 0 Å². The van der Waals surface area contributed by atoms with Gasteiger partial charge in [-0.1, -0.05) is 36.4 Å². The molecule has 0 saturated heterocycles. The number of amides is 1. The molecule has 4 rings (SSSR count). The number of nitrogens with one attached hydrogen (secondary N) is 1. The highest BCUT2D eigenvalue weighted by molar-refractivity contribution is 7.99. The van der Waals surface area contributed by atoms with Crippen molar-refractivity contribution in [2.24, 2.45) is 0 Å². The van der Waals surface area contributed by atoms with Gasteiger partial charge in [-0.25, -0.2) is 4.68 Å². The van der Waals surface area contributed by atoms with Gasteiger partial charge in [0.1, 0.15) is 0 Å². The van der Waals surface area contributed by atoms with Gasteiger partial charge in [0.15, 0.2) is 11.4 Å². The molecule has 1 atom stereocenters. The Morgan fingerprint density at radius 2 is 1.92 bits per heavy atom. The van der Waals surface area contributed by atoms with Gasteiger partial charge >= 0.3 is 0 Å². The average molecular weight is 351 g/mol. The lowest BCUT2D eigenvalue weighted by molar-refractivity contribution is 0.0927. The molecule has 0 bridgehead atoms. The number of nitrogens with zero attached hydrogens (tertiary/aromatic N) is 2. The molecule has 2 heterocycles. The summed E-state index contributed by atoms with van der Waals surface area (Å²) in [5.74, 6) is 0.463. The number of fused-ring (bicyclic) bond motifs is 1. The average Bonchev–Trinajstić information content (AvgIpc) is 3.05. The zero-order valence-corrected chi connectivity index (χ0v) is 14.2. The lowest BCUT2D eigenvalue weighted by atomic mass is 10.0. The van der Waals surface area contributed by atoms with Gasteiger partial charge < -0.3 is 10.4 Å². The maximum absolute atomic E-state index is 12.6. The van der Waals surface area contributed by atoms with E-state index in [1.165, 1.54) is 15.8 Å². The fourth-order valence-electron chi connectivity index (χ4n) is 2.96. The van der Waals surface area contributed by atoms with Gasteiger partial charge in [-0.3, -0.25) is 4.79 Å². The number of aromatic hydroxyl groups is 1. The number of para-hydroxylation sites is 1. The van der Waals surface area contributed by atoms with Crippen LogP contribution < -0.4 is 5.32 Å². The fourth-order valence-corrected chi connectivity index (χ4v) is 4.08. The molecule has 2 N–H and O–H groups in total. The monoisotopic (exact) mass is 351 g/mol.